The second-order valence-corrected chi connectivity index (χ2v) is 11.5. The highest BCUT2D eigenvalue weighted by Gasteiger charge is 2.31. The van der Waals surface area contributed by atoms with E-state index in [9.17, 15) is 33.9 Å². The number of nitrogens with zero attached hydrogens (tertiary/aromatic N) is 1. The van der Waals surface area contributed by atoms with Gasteiger partial charge in [0, 0.05) is 25.4 Å². The highest BCUT2D eigenvalue weighted by molar-refractivity contribution is 5.95. The Bertz CT molecular complexity index is 1130. The van der Waals surface area contributed by atoms with E-state index in [-0.39, 0.29) is 25.2 Å². The Labute approximate surface area is 268 Å². The van der Waals surface area contributed by atoms with Crippen molar-refractivity contribution in [2.24, 2.45) is 17.4 Å². The summed E-state index contributed by atoms with van der Waals surface area (Å²) in [7, 11) is 0. The maximum Gasteiger partial charge on any atom is 0.326 e. The highest BCUT2D eigenvalue weighted by Crippen LogP contribution is 2.08. The normalized spacial score (nSPS) is 14.5. The first-order valence-electron chi connectivity index (χ1n) is 15.4. The fraction of sp³-hybridized carbons (Fsp3) is 0.679. The van der Waals surface area contributed by atoms with Crippen LogP contribution in [0.3, 0.4) is 0 Å². The molecule has 5 amide bonds. The van der Waals surface area contributed by atoms with Crippen molar-refractivity contribution in [2.75, 3.05) is 13.1 Å². The average molecular weight is 655 g/mol. The summed E-state index contributed by atoms with van der Waals surface area (Å²) < 4.78 is 0. The number of unbranched alkanes of at least 4 members (excludes halogenated alkanes) is 1. The summed E-state index contributed by atoms with van der Waals surface area (Å²) in [5.74, 6) is -4.37. The van der Waals surface area contributed by atoms with Crippen molar-refractivity contribution in [3.05, 3.63) is 18.2 Å². The molecule has 1 aromatic heterocycles. The van der Waals surface area contributed by atoms with Crippen LogP contribution in [0.5, 0.6) is 0 Å². The van der Waals surface area contributed by atoms with Gasteiger partial charge in [-0.1, -0.05) is 13.8 Å². The number of nitrogens with two attached hydrogens (primary N) is 2. The molecule has 1 aromatic rings. The standard InChI is InChI=1S/C28H51N11O7/c1-15(2)22(27(45)46)39-26(44)21(9-7-11-34-28(30)31)38-25(43)20(8-5-6-10-33-17(4)40)37-23(41)16(3)36-24(42)19(29)12-18-13-32-14-35-18/h13-16,19-22,28,34H,5-12,29-31H2,1-4H3,(H,32,35)(H,33,40)(H,36,42)(H,37,41)(H,38,43)(H,39,44)(H,45,46)/p+1/t16-,19-,20-,21-,22-/m0/s1. The third kappa shape index (κ3) is 15.7. The summed E-state index contributed by atoms with van der Waals surface area (Å²) in [5, 5.41) is 25.4. The number of quaternary nitrogens is 1. The molecule has 0 saturated carbocycles. The Morgan fingerprint density at radius 2 is 1.48 bits per heavy atom. The SMILES string of the molecule is CC(=O)NCCCC[C@H](NC(=O)[C@H](C)NC(=O)[C@@H]([NH3+])Cc1cnc[nH]1)C(=O)N[C@@H](CCCNC(N)N)C(=O)N[C@H](C(=O)O)C(C)C. The molecule has 0 aliphatic rings. The first-order valence-corrected chi connectivity index (χ1v) is 15.4. The van der Waals surface area contributed by atoms with Crippen LogP contribution in [-0.2, 0) is 35.2 Å². The monoisotopic (exact) mass is 654 g/mol. The Kier molecular flexibility index (Phi) is 18.1. The summed E-state index contributed by atoms with van der Waals surface area (Å²) in [6.45, 7) is 6.80. The number of imidazole rings is 1. The van der Waals surface area contributed by atoms with Crippen molar-refractivity contribution in [1.29, 1.82) is 0 Å². The van der Waals surface area contributed by atoms with Crippen molar-refractivity contribution in [1.82, 2.24) is 41.9 Å². The third-order valence-corrected chi connectivity index (χ3v) is 6.98. The van der Waals surface area contributed by atoms with Gasteiger partial charge in [0.05, 0.1) is 12.7 Å². The Balaban J connectivity index is 3.04. The minimum absolute atomic E-state index is 0.110. The minimum Gasteiger partial charge on any atom is -0.480 e. The lowest BCUT2D eigenvalue weighted by Gasteiger charge is -2.26. The molecule has 18 heteroatoms. The summed E-state index contributed by atoms with van der Waals surface area (Å²) in [5.41, 5.74) is 15.6. The third-order valence-electron chi connectivity index (χ3n) is 6.98. The second kappa shape index (κ2) is 20.8. The van der Waals surface area contributed by atoms with Gasteiger partial charge in [0.2, 0.25) is 23.6 Å². The van der Waals surface area contributed by atoms with E-state index in [0.717, 1.165) is 0 Å². The molecule has 0 saturated heterocycles. The van der Waals surface area contributed by atoms with E-state index in [4.69, 9.17) is 11.5 Å². The molecule has 1 rings (SSSR count). The molecule has 0 radical (unpaired) electrons. The molecule has 0 bridgehead atoms. The minimum atomic E-state index is -1.22. The maximum absolute atomic E-state index is 13.5. The van der Waals surface area contributed by atoms with Crippen LogP contribution in [0.1, 0.15) is 65.5 Å². The van der Waals surface area contributed by atoms with Crippen molar-refractivity contribution in [2.45, 2.75) is 103 Å². The molecule has 0 unspecified atom stereocenters. The molecule has 0 spiro atoms. The topological polar surface area (TPSA) is 303 Å². The molecule has 18 nitrogen and oxygen atoms in total. The van der Waals surface area contributed by atoms with Crippen LogP contribution in [0.4, 0.5) is 0 Å². The van der Waals surface area contributed by atoms with Crippen LogP contribution in [0.25, 0.3) is 0 Å². The largest absolute Gasteiger partial charge is 0.480 e. The van der Waals surface area contributed by atoms with Crippen molar-refractivity contribution in [3.63, 3.8) is 0 Å². The smallest absolute Gasteiger partial charge is 0.326 e. The number of aliphatic carboxylic acids is 1. The highest BCUT2D eigenvalue weighted by atomic mass is 16.4. The molecular weight excluding hydrogens is 602 g/mol. The second-order valence-electron chi connectivity index (χ2n) is 11.5. The van der Waals surface area contributed by atoms with E-state index < -0.39 is 72.0 Å². The van der Waals surface area contributed by atoms with Gasteiger partial charge in [0.15, 0.2) is 6.04 Å². The molecular formula is C28H52N11O7+. The first-order chi connectivity index (χ1) is 21.6. The number of H-pyrrole nitrogens is 1. The van der Waals surface area contributed by atoms with Gasteiger partial charge in [-0.3, -0.25) is 29.3 Å². The van der Waals surface area contributed by atoms with Crippen LogP contribution in [0, 0.1) is 5.92 Å². The van der Waals surface area contributed by atoms with Gasteiger partial charge in [0.25, 0.3) is 5.91 Å². The zero-order valence-corrected chi connectivity index (χ0v) is 27.1. The zero-order chi connectivity index (χ0) is 34.8. The molecule has 0 aromatic carbocycles. The number of nitrogens with one attached hydrogen (secondary N) is 7. The van der Waals surface area contributed by atoms with Gasteiger partial charge in [-0.05, 0) is 51.5 Å². The van der Waals surface area contributed by atoms with Gasteiger partial charge in [-0.2, -0.15) is 0 Å². The molecule has 0 fully saturated rings. The molecule has 0 aliphatic heterocycles. The molecule has 0 aliphatic carbocycles. The number of carboxylic acid groups (broad SMARTS) is 1. The van der Waals surface area contributed by atoms with Crippen LogP contribution in [0.2, 0.25) is 0 Å². The maximum atomic E-state index is 13.5. The molecule has 260 valence electrons. The quantitative estimate of drug-likeness (QED) is 0.0425. The van der Waals surface area contributed by atoms with Gasteiger partial charge in [0.1, 0.15) is 30.5 Å². The van der Waals surface area contributed by atoms with Crippen LogP contribution >= 0.6 is 0 Å². The van der Waals surface area contributed by atoms with E-state index in [1.165, 1.54) is 20.2 Å². The molecule has 15 N–H and O–H groups in total. The fourth-order valence-electron chi connectivity index (χ4n) is 4.34. The predicted molar refractivity (Wildman–Crippen MR) is 167 cm³/mol. The van der Waals surface area contributed by atoms with E-state index in [0.29, 0.717) is 38.0 Å². The van der Waals surface area contributed by atoms with Crippen molar-refractivity contribution >= 4 is 35.5 Å². The van der Waals surface area contributed by atoms with E-state index >= 15 is 0 Å². The molecule has 1 heterocycles. The Morgan fingerprint density at radius 3 is 2.02 bits per heavy atom. The van der Waals surface area contributed by atoms with Crippen LogP contribution < -0.4 is 49.1 Å². The van der Waals surface area contributed by atoms with E-state index in [2.05, 4.69) is 47.6 Å². The Morgan fingerprint density at radius 1 is 0.870 bits per heavy atom. The van der Waals surface area contributed by atoms with E-state index in [1.54, 1.807) is 20.0 Å². The number of carboxylic acids is 1. The van der Waals surface area contributed by atoms with Gasteiger partial charge < -0.3 is 53.9 Å². The number of aromatic amines is 1. The predicted octanol–water partition coefficient (Wildman–Crippen LogP) is -3.86. The van der Waals surface area contributed by atoms with Crippen molar-refractivity contribution < 1.29 is 39.6 Å². The lowest BCUT2D eigenvalue weighted by atomic mass is 10.0. The molecule has 5 atom stereocenters. The van der Waals surface area contributed by atoms with Crippen molar-refractivity contribution in [3.8, 4) is 0 Å². The number of hydrogen-bond acceptors (Lipinski definition) is 10. The lowest BCUT2D eigenvalue weighted by Crippen LogP contribution is -2.69. The summed E-state index contributed by atoms with van der Waals surface area (Å²) >= 11 is 0. The van der Waals surface area contributed by atoms with Gasteiger partial charge in [-0.25, -0.2) is 9.78 Å². The van der Waals surface area contributed by atoms with Crippen LogP contribution in [0.15, 0.2) is 12.5 Å². The lowest BCUT2D eigenvalue weighted by molar-refractivity contribution is -0.403. The summed E-state index contributed by atoms with van der Waals surface area (Å²) in [6, 6.07) is -5.20. The summed E-state index contributed by atoms with van der Waals surface area (Å²) in [4.78, 5) is 82.2. The summed E-state index contributed by atoms with van der Waals surface area (Å²) in [6.07, 6.45) is 4.07. The number of rotatable bonds is 22. The fourth-order valence-corrected chi connectivity index (χ4v) is 4.34. The number of carbonyl (C=O) groups excluding carboxylic acids is 5. The first kappa shape index (κ1) is 39.9. The van der Waals surface area contributed by atoms with Crippen LogP contribution in [-0.4, -0.2) is 100 Å². The number of hydrogen-bond donors (Lipinski definition) is 11. The zero-order valence-electron chi connectivity index (χ0n) is 27.1. The van der Waals surface area contributed by atoms with Gasteiger partial charge in [-0.15, -0.1) is 0 Å². The number of carbonyl (C=O) groups is 6. The van der Waals surface area contributed by atoms with E-state index in [1.807, 2.05) is 0 Å². The Hall–Kier alpha value is -4.13. The number of aromatic nitrogens is 2. The average Bonchev–Trinajstić information content (AvgIpc) is 3.48. The molecule has 46 heavy (non-hydrogen) atoms. The van der Waals surface area contributed by atoms with Gasteiger partial charge >= 0.3 is 5.97 Å². The number of amides is 5.